The smallest absolute Gasteiger partial charge is 0.227 e. The molecule has 0 unspecified atom stereocenters. The van der Waals surface area contributed by atoms with Crippen molar-refractivity contribution >= 4 is 28.9 Å². The lowest BCUT2D eigenvalue weighted by molar-refractivity contribution is -0.124. The van der Waals surface area contributed by atoms with Gasteiger partial charge in [0.15, 0.2) is 0 Å². The molecule has 1 aromatic carbocycles. The fraction of sp³-hybridized carbons (Fsp3) is 0.200. The first-order chi connectivity index (χ1) is 8.01. The maximum atomic E-state index is 10.1. The minimum absolute atomic E-state index is 0.148. The van der Waals surface area contributed by atoms with Crippen molar-refractivity contribution in [2.75, 3.05) is 16.9 Å². The van der Waals surface area contributed by atoms with Crippen LogP contribution in [0, 0.1) is 0 Å². The molecule has 0 saturated carbocycles. The number of hydrogen-bond acceptors (Lipinski definition) is 6. The third kappa shape index (κ3) is 4.39. The number of amides is 2. The molecule has 7 nitrogen and oxygen atoms in total. The Bertz CT molecular complexity index is 398. The Balaban J connectivity index is 0.000000181. The van der Waals surface area contributed by atoms with Gasteiger partial charge in [0.2, 0.25) is 11.8 Å². The van der Waals surface area contributed by atoms with E-state index in [1.54, 1.807) is 18.2 Å². The maximum Gasteiger partial charge on any atom is 0.227 e. The average Bonchev–Trinajstić information content (AvgIpc) is 2.62. The van der Waals surface area contributed by atoms with Gasteiger partial charge in [-0.1, -0.05) is 0 Å². The first kappa shape index (κ1) is 12.8. The third-order valence-electron chi connectivity index (χ3n) is 2.00. The average molecular weight is 237 g/mol. The van der Waals surface area contributed by atoms with Crippen LogP contribution in [0.3, 0.4) is 0 Å². The number of carbonyl (C=O) groups is 2. The lowest BCUT2D eigenvalue weighted by Crippen LogP contribution is -2.18. The zero-order valence-electron chi connectivity index (χ0n) is 9.19. The summed E-state index contributed by atoms with van der Waals surface area (Å²) < 4.78 is 0. The van der Waals surface area contributed by atoms with Crippen molar-refractivity contribution < 1.29 is 9.59 Å². The fourth-order valence-corrected chi connectivity index (χ4v) is 1.27. The van der Waals surface area contributed by atoms with Crippen molar-refractivity contribution in [3.8, 4) is 0 Å². The molecule has 0 aliphatic carbocycles. The predicted molar refractivity (Wildman–Crippen MR) is 65.5 cm³/mol. The van der Waals surface area contributed by atoms with Crippen molar-refractivity contribution in [3.05, 3.63) is 18.2 Å². The normalized spacial score (nSPS) is 13.7. The molecule has 17 heavy (non-hydrogen) atoms. The van der Waals surface area contributed by atoms with E-state index in [4.69, 9.17) is 17.3 Å². The maximum absolute atomic E-state index is 10.1. The lowest BCUT2D eigenvalue weighted by Gasteiger charge is -2.01. The Hall–Kier alpha value is -2.28. The zero-order valence-corrected chi connectivity index (χ0v) is 9.19. The van der Waals surface area contributed by atoms with Crippen LogP contribution < -0.4 is 28.1 Å². The summed E-state index contributed by atoms with van der Waals surface area (Å²) in [6, 6.07) is 5.08. The van der Waals surface area contributed by atoms with Crippen LogP contribution in [0.25, 0.3) is 0 Å². The van der Waals surface area contributed by atoms with Crippen molar-refractivity contribution in [2.24, 2.45) is 5.84 Å². The molecule has 0 spiro atoms. The van der Waals surface area contributed by atoms with Crippen LogP contribution in [0.5, 0.6) is 0 Å². The van der Waals surface area contributed by atoms with Crippen LogP contribution >= 0.6 is 0 Å². The number of imide groups is 1. The first-order valence-corrected chi connectivity index (χ1v) is 4.96. The second kappa shape index (κ2) is 5.71. The molecule has 0 atom stereocenters. The molecular weight excluding hydrogens is 222 g/mol. The topological polar surface area (TPSA) is 136 Å². The van der Waals surface area contributed by atoms with E-state index in [0.717, 1.165) is 5.69 Å². The molecule has 0 radical (unpaired) electrons. The highest BCUT2D eigenvalue weighted by Gasteiger charge is 2.15. The van der Waals surface area contributed by atoms with Gasteiger partial charge in [0, 0.05) is 24.2 Å². The van der Waals surface area contributed by atoms with Gasteiger partial charge in [-0.15, -0.1) is 0 Å². The zero-order chi connectivity index (χ0) is 12.8. The van der Waals surface area contributed by atoms with E-state index in [2.05, 4.69) is 10.7 Å². The highest BCUT2D eigenvalue weighted by Crippen LogP contribution is 2.16. The summed E-state index contributed by atoms with van der Waals surface area (Å²) in [6.07, 6.45) is 0.748. The van der Waals surface area contributed by atoms with Gasteiger partial charge >= 0.3 is 0 Å². The molecule has 2 amide bonds. The Morgan fingerprint density at radius 2 is 1.47 bits per heavy atom. The number of rotatable bonds is 1. The van der Waals surface area contributed by atoms with E-state index >= 15 is 0 Å². The molecule has 8 N–H and O–H groups in total. The number of anilines is 3. The van der Waals surface area contributed by atoms with E-state index in [1.807, 2.05) is 0 Å². The monoisotopic (exact) mass is 237 g/mol. The molecule has 1 saturated heterocycles. The fourth-order valence-electron chi connectivity index (χ4n) is 1.27. The standard InChI is InChI=1S/C6H10N4.C4H5NO2/c7-4-1-5(8)3-6(2-4)10-9;6-3-1-2-4(7)5-3/h1-3,10H,7-9H2;1-2H2,(H,5,6,7). The Labute approximate surface area is 98.3 Å². The molecule has 1 aromatic rings. The summed E-state index contributed by atoms with van der Waals surface area (Å²) in [5.41, 5.74) is 15.3. The minimum atomic E-state index is -0.148. The van der Waals surface area contributed by atoms with E-state index in [-0.39, 0.29) is 11.8 Å². The molecular formula is C10H15N5O2. The predicted octanol–water partition coefficient (Wildman–Crippen LogP) is -0.440. The summed E-state index contributed by atoms with van der Waals surface area (Å²) in [4.78, 5) is 20.2. The molecule has 7 heteroatoms. The van der Waals surface area contributed by atoms with Gasteiger partial charge in [0.05, 0.1) is 5.69 Å². The molecule has 0 bridgehead atoms. The summed E-state index contributed by atoms with van der Waals surface area (Å²) in [7, 11) is 0. The number of nitrogens with two attached hydrogens (primary N) is 3. The van der Waals surface area contributed by atoms with Crippen LogP contribution in [0.4, 0.5) is 17.1 Å². The third-order valence-corrected chi connectivity index (χ3v) is 2.00. The molecule has 1 aliphatic heterocycles. The minimum Gasteiger partial charge on any atom is -0.399 e. The second-order valence-electron chi connectivity index (χ2n) is 3.50. The Kier molecular flexibility index (Phi) is 4.29. The van der Waals surface area contributed by atoms with Crippen LogP contribution in [0.15, 0.2) is 18.2 Å². The molecule has 1 aliphatic rings. The number of nitrogen functional groups attached to an aromatic ring is 3. The number of benzene rings is 1. The van der Waals surface area contributed by atoms with Gasteiger partial charge in [-0.3, -0.25) is 20.7 Å². The number of carbonyl (C=O) groups excluding carboxylic acids is 2. The summed E-state index contributed by atoms with van der Waals surface area (Å²) in [5, 5.41) is 2.14. The molecule has 1 fully saturated rings. The van der Waals surface area contributed by atoms with Crippen LogP contribution in [0.1, 0.15) is 12.8 Å². The van der Waals surface area contributed by atoms with Crippen molar-refractivity contribution in [3.63, 3.8) is 0 Å². The number of hydrazine groups is 1. The van der Waals surface area contributed by atoms with Gasteiger partial charge in [-0.2, -0.15) is 0 Å². The van der Waals surface area contributed by atoms with Crippen LogP contribution in [0.2, 0.25) is 0 Å². The van der Waals surface area contributed by atoms with E-state index in [0.29, 0.717) is 24.2 Å². The van der Waals surface area contributed by atoms with E-state index < -0.39 is 0 Å². The Morgan fingerprint density at radius 1 is 1.00 bits per heavy atom. The molecule has 2 rings (SSSR count). The van der Waals surface area contributed by atoms with Gasteiger partial charge in [0.1, 0.15) is 0 Å². The molecule has 0 aromatic heterocycles. The molecule has 1 heterocycles. The van der Waals surface area contributed by atoms with Gasteiger partial charge in [-0.05, 0) is 18.2 Å². The van der Waals surface area contributed by atoms with E-state index in [1.165, 1.54) is 0 Å². The van der Waals surface area contributed by atoms with Crippen LogP contribution in [-0.2, 0) is 9.59 Å². The summed E-state index contributed by atoms with van der Waals surface area (Å²) >= 11 is 0. The summed E-state index contributed by atoms with van der Waals surface area (Å²) in [6.45, 7) is 0. The van der Waals surface area contributed by atoms with Crippen molar-refractivity contribution in [1.29, 1.82) is 0 Å². The van der Waals surface area contributed by atoms with Gasteiger partial charge < -0.3 is 16.9 Å². The molecule has 92 valence electrons. The summed E-state index contributed by atoms with van der Waals surface area (Å²) in [5.74, 6) is 4.83. The highest BCUT2D eigenvalue weighted by atomic mass is 16.2. The lowest BCUT2D eigenvalue weighted by atomic mass is 10.2. The largest absolute Gasteiger partial charge is 0.399 e. The van der Waals surface area contributed by atoms with Gasteiger partial charge in [-0.25, -0.2) is 0 Å². The van der Waals surface area contributed by atoms with E-state index in [9.17, 15) is 9.59 Å². The quantitative estimate of drug-likeness (QED) is 0.194. The van der Waals surface area contributed by atoms with Crippen molar-refractivity contribution in [2.45, 2.75) is 12.8 Å². The highest BCUT2D eigenvalue weighted by molar-refractivity contribution is 6.01. The van der Waals surface area contributed by atoms with Gasteiger partial charge in [0.25, 0.3) is 0 Å². The second-order valence-corrected chi connectivity index (χ2v) is 3.50. The number of hydrogen-bond donors (Lipinski definition) is 5. The Morgan fingerprint density at radius 3 is 1.76 bits per heavy atom. The number of nitrogens with one attached hydrogen (secondary N) is 2. The van der Waals surface area contributed by atoms with Crippen LogP contribution in [-0.4, -0.2) is 11.8 Å². The first-order valence-electron chi connectivity index (χ1n) is 4.96. The van der Waals surface area contributed by atoms with Crippen molar-refractivity contribution in [1.82, 2.24) is 5.32 Å². The SMILES string of the molecule is NNc1cc(N)cc(N)c1.O=C1CCC(=O)N1.